The molecular formula is C21H21BrN4O3. The lowest BCUT2D eigenvalue weighted by atomic mass is 10.1. The number of benzene rings is 2. The van der Waals surface area contributed by atoms with E-state index in [1.54, 1.807) is 37.6 Å². The maximum atomic E-state index is 12.6. The summed E-state index contributed by atoms with van der Waals surface area (Å²) in [6.45, 7) is -0.147. The molecule has 0 aliphatic carbocycles. The van der Waals surface area contributed by atoms with Crippen molar-refractivity contribution in [3.05, 3.63) is 82.3 Å². The normalized spacial score (nSPS) is 11.6. The molecule has 0 fully saturated rings. The number of hydrogen-bond donors (Lipinski definition) is 2. The summed E-state index contributed by atoms with van der Waals surface area (Å²) in [6.07, 6.45) is 3.49. The van der Waals surface area contributed by atoms with E-state index < -0.39 is 6.04 Å². The Labute approximate surface area is 177 Å². The van der Waals surface area contributed by atoms with Crippen molar-refractivity contribution in [2.24, 2.45) is 7.05 Å². The van der Waals surface area contributed by atoms with E-state index in [9.17, 15) is 9.59 Å². The van der Waals surface area contributed by atoms with Crippen molar-refractivity contribution in [2.75, 3.05) is 13.7 Å². The second kappa shape index (κ2) is 9.38. The summed E-state index contributed by atoms with van der Waals surface area (Å²) < 4.78 is 7.92. The number of carbonyl (C=O) groups is 2. The molecule has 1 aromatic heterocycles. The Hall–Kier alpha value is -3.13. The van der Waals surface area contributed by atoms with E-state index in [0.29, 0.717) is 11.4 Å². The van der Waals surface area contributed by atoms with Crippen LogP contribution in [0.5, 0.6) is 5.75 Å². The summed E-state index contributed by atoms with van der Waals surface area (Å²) in [5, 5.41) is 5.58. The van der Waals surface area contributed by atoms with Gasteiger partial charge in [-0.25, -0.2) is 4.98 Å². The van der Waals surface area contributed by atoms with Crippen LogP contribution in [0, 0.1) is 0 Å². The monoisotopic (exact) mass is 456 g/mol. The number of hydrogen-bond acceptors (Lipinski definition) is 4. The highest BCUT2D eigenvalue weighted by Gasteiger charge is 2.21. The molecule has 2 aromatic carbocycles. The van der Waals surface area contributed by atoms with Gasteiger partial charge in [-0.05, 0) is 42.0 Å². The summed E-state index contributed by atoms with van der Waals surface area (Å²) in [5.41, 5.74) is 1.34. The third-order valence-electron chi connectivity index (χ3n) is 4.39. The van der Waals surface area contributed by atoms with Gasteiger partial charge in [0, 0.05) is 29.5 Å². The molecule has 0 saturated carbocycles. The Kier molecular flexibility index (Phi) is 6.66. The van der Waals surface area contributed by atoms with Gasteiger partial charge in [-0.1, -0.05) is 28.1 Å². The number of ether oxygens (including phenoxy) is 1. The highest BCUT2D eigenvalue weighted by Crippen LogP contribution is 2.22. The van der Waals surface area contributed by atoms with Gasteiger partial charge in [-0.2, -0.15) is 0 Å². The van der Waals surface area contributed by atoms with Crippen molar-refractivity contribution >= 4 is 27.7 Å². The predicted octanol–water partition coefficient (Wildman–Crippen LogP) is 2.83. The number of amides is 2. The fourth-order valence-electron chi connectivity index (χ4n) is 2.82. The Morgan fingerprint density at radius 1 is 1.14 bits per heavy atom. The van der Waals surface area contributed by atoms with Crippen LogP contribution in [0.1, 0.15) is 27.8 Å². The standard InChI is InChI=1S/C21H21BrN4O3/c1-26-12-11-23-20(26)19(14-5-9-17(29-2)10-6-14)25-18(27)13-24-21(28)15-3-7-16(22)8-4-15/h3-12,19H,13H2,1-2H3,(H,24,28)(H,25,27). The highest BCUT2D eigenvalue weighted by atomic mass is 79.9. The zero-order valence-electron chi connectivity index (χ0n) is 16.1. The van der Waals surface area contributed by atoms with Gasteiger partial charge < -0.3 is 19.9 Å². The molecule has 1 heterocycles. The van der Waals surface area contributed by atoms with Gasteiger partial charge in [0.2, 0.25) is 5.91 Å². The van der Waals surface area contributed by atoms with Gasteiger partial charge in [0.15, 0.2) is 0 Å². The zero-order chi connectivity index (χ0) is 20.8. The van der Waals surface area contributed by atoms with Gasteiger partial charge in [0.1, 0.15) is 17.6 Å². The van der Waals surface area contributed by atoms with Crippen LogP contribution in [0.15, 0.2) is 65.4 Å². The van der Waals surface area contributed by atoms with Gasteiger partial charge in [-0.15, -0.1) is 0 Å². The number of imidazole rings is 1. The lowest BCUT2D eigenvalue weighted by Gasteiger charge is -2.19. The quantitative estimate of drug-likeness (QED) is 0.572. The van der Waals surface area contributed by atoms with E-state index in [4.69, 9.17) is 4.74 Å². The van der Waals surface area contributed by atoms with E-state index in [1.807, 2.05) is 42.1 Å². The molecular weight excluding hydrogens is 436 g/mol. The van der Waals surface area contributed by atoms with Crippen molar-refractivity contribution in [1.29, 1.82) is 0 Å². The van der Waals surface area contributed by atoms with Crippen LogP contribution in [0.4, 0.5) is 0 Å². The lowest BCUT2D eigenvalue weighted by Crippen LogP contribution is -2.39. The molecule has 0 aliphatic heterocycles. The Morgan fingerprint density at radius 2 is 1.83 bits per heavy atom. The number of halogens is 1. The molecule has 3 rings (SSSR count). The minimum absolute atomic E-state index is 0.147. The minimum atomic E-state index is -0.460. The van der Waals surface area contributed by atoms with Crippen LogP contribution in [-0.4, -0.2) is 35.0 Å². The first-order valence-electron chi connectivity index (χ1n) is 8.92. The smallest absolute Gasteiger partial charge is 0.251 e. The molecule has 0 radical (unpaired) electrons. The van der Waals surface area contributed by atoms with Gasteiger partial charge in [0.05, 0.1) is 13.7 Å². The first kappa shape index (κ1) is 20.6. The number of aromatic nitrogens is 2. The average molecular weight is 457 g/mol. The fourth-order valence-corrected chi connectivity index (χ4v) is 3.09. The van der Waals surface area contributed by atoms with Gasteiger partial charge >= 0.3 is 0 Å². The summed E-state index contributed by atoms with van der Waals surface area (Å²) in [6, 6.07) is 13.9. The average Bonchev–Trinajstić information content (AvgIpc) is 3.16. The van der Waals surface area contributed by atoms with Crippen LogP contribution in [0.3, 0.4) is 0 Å². The summed E-state index contributed by atoms with van der Waals surface area (Å²) in [5.74, 6) is 0.771. The molecule has 0 aliphatic rings. The second-order valence-electron chi connectivity index (χ2n) is 6.36. The van der Waals surface area contributed by atoms with E-state index >= 15 is 0 Å². The molecule has 150 valence electrons. The topological polar surface area (TPSA) is 85.2 Å². The van der Waals surface area contributed by atoms with Crippen LogP contribution in [-0.2, 0) is 11.8 Å². The number of nitrogens with zero attached hydrogens (tertiary/aromatic N) is 2. The zero-order valence-corrected chi connectivity index (χ0v) is 17.6. The van der Waals surface area contributed by atoms with Crippen molar-refractivity contribution in [2.45, 2.75) is 6.04 Å². The molecule has 7 nitrogen and oxygen atoms in total. The molecule has 1 unspecified atom stereocenters. The minimum Gasteiger partial charge on any atom is -0.497 e. The van der Waals surface area contributed by atoms with Crippen LogP contribution in [0.25, 0.3) is 0 Å². The summed E-state index contributed by atoms with van der Waals surface area (Å²) >= 11 is 3.33. The first-order valence-corrected chi connectivity index (χ1v) is 9.71. The number of aryl methyl sites for hydroxylation is 1. The van der Waals surface area contributed by atoms with Gasteiger partial charge in [-0.3, -0.25) is 9.59 Å². The molecule has 1 atom stereocenters. The lowest BCUT2D eigenvalue weighted by molar-refractivity contribution is -0.120. The van der Waals surface area contributed by atoms with Crippen molar-refractivity contribution in [3.63, 3.8) is 0 Å². The van der Waals surface area contributed by atoms with Gasteiger partial charge in [0.25, 0.3) is 5.91 Å². The fraction of sp³-hybridized carbons (Fsp3) is 0.190. The van der Waals surface area contributed by atoms with E-state index in [-0.39, 0.29) is 18.4 Å². The molecule has 2 amide bonds. The number of carbonyl (C=O) groups excluding carboxylic acids is 2. The Morgan fingerprint density at radius 3 is 2.41 bits per heavy atom. The van der Waals surface area contributed by atoms with Crippen LogP contribution in [0.2, 0.25) is 0 Å². The van der Waals surface area contributed by atoms with E-state index in [1.165, 1.54) is 0 Å². The maximum absolute atomic E-state index is 12.6. The van der Waals surface area contributed by atoms with Crippen LogP contribution < -0.4 is 15.4 Å². The third-order valence-corrected chi connectivity index (χ3v) is 4.92. The number of methoxy groups -OCH3 is 1. The third kappa shape index (κ3) is 5.23. The predicted molar refractivity (Wildman–Crippen MR) is 113 cm³/mol. The largest absolute Gasteiger partial charge is 0.497 e. The summed E-state index contributed by atoms with van der Waals surface area (Å²) in [4.78, 5) is 29.1. The molecule has 0 spiro atoms. The van der Waals surface area contributed by atoms with Crippen molar-refractivity contribution in [1.82, 2.24) is 20.2 Å². The van der Waals surface area contributed by atoms with E-state index in [0.717, 1.165) is 15.8 Å². The highest BCUT2D eigenvalue weighted by molar-refractivity contribution is 9.10. The Balaban J connectivity index is 1.70. The molecule has 2 N–H and O–H groups in total. The van der Waals surface area contributed by atoms with Crippen molar-refractivity contribution in [3.8, 4) is 5.75 Å². The first-order chi connectivity index (χ1) is 14.0. The molecule has 0 saturated heterocycles. The SMILES string of the molecule is COc1ccc(C(NC(=O)CNC(=O)c2ccc(Br)cc2)c2nccn2C)cc1. The van der Waals surface area contributed by atoms with E-state index in [2.05, 4.69) is 31.5 Å². The van der Waals surface area contributed by atoms with Crippen LogP contribution >= 0.6 is 15.9 Å². The Bertz CT molecular complexity index is 984. The number of rotatable bonds is 7. The molecule has 3 aromatic rings. The molecule has 8 heteroatoms. The second-order valence-corrected chi connectivity index (χ2v) is 7.28. The maximum Gasteiger partial charge on any atom is 0.251 e. The molecule has 29 heavy (non-hydrogen) atoms. The van der Waals surface area contributed by atoms with Crippen molar-refractivity contribution < 1.29 is 14.3 Å². The number of nitrogens with one attached hydrogen (secondary N) is 2. The summed E-state index contributed by atoms with van der Waals surface area (Å²) in [7, 11) is 3.46. The molecule has 0 bridgehead atoms.